The molecule has 0 aromatic carbocycles. The van der Waals surface area contributed by atoms with Gasteiger partial charge in [-0.05, 0) is 18.5 Å². The molecule has 2 rings (SSSR count). The minimum Gasteiger partial charge on any atom is -0.349 e. The van der Waals surface area contributed by atoms with Crippen molar-refractivity contribution in [1.29, 1.82) is 0 Å². The van der Waals surface area contributed by atoms with Crippen molar-refractivity contribution in [3.63, 3.8) is 0 Å². The third kappa shape index (κ3) is 2.78. The fourth-order valence-corrected chi connectivity index (χ4v) is 3.64. The molecule has 1 aliphatic rings. The van der Waals surface area contributed by atoms with E-state index < -0.39 is 9.84 Å². The second-order valence-corrected chi connectivity index (χ2v) is 6.78. The first-order valence-corrected chi connectivity index (χ1v) is 7.49. The second-order valence-electron chi connectivity index (χ2n) is 3.85. The normalized spacial score (nSPS) is 23.7. The zero-order valence-corrected chi connectivity index (χ0v) is 11.3. The van der Waals surface area contributed by atoms with E-state index in [0.29, 0.717) is 12.4 Å². The quantitative estimate of drug-likeness (QED) is 0.763. The molecule has 0 amide bonds. The zero-order chi connectivity index (χ0) is 12.6. The molecule has 1 fully saturated rings. The fraction of sp³-hybridized carbons (Fsp3) is 0.625. The van der Waals surface area contributed by atoms with Gasteiger partial charge in [-0.25, -0.2) is 8.42 Å². The van der Waals surface area contributed by atoms with Gasteiger partial charge in [0, 0.05) is 12.6 Å². The molecule has 2 heterocycles. The van der Waals surface area contributed by atoms with Gasteiger partial charge in [0.1, 0.15) is 0 Å². The van der Waals surface area contributed by atoms with E-state index in [1.807, 2.05) is 0 Å². The van der Waals surface area contributed by atoms with Crippen LogP contribution in [0, 0.1) is 0 Å². The highest BCUT2D eigenvalue weighted by atomic mass is 35.5. The number of nitrogens with zero attached hydrogens (tertiary/aromatic N) is 4. The fourth-order valence-electron chi connectivity index (χ4n) is 1.78. The Hall–Kier alpha value is -0.660. The molecule has 0 saturated carbocycles. The van der Waals surface area contributed by atoms with E-state index >= 15 is 0 Å². The van der Waals surface area contributed by atoms with Crippen molar-refractivity contribution in [2.24, 2.45) is 0 Å². The zero-order valence-electron chi connectivity index (χ0n) is 8.97. The largest absolute Gasteiger partial charge is 0.349 e. The van der Waals surface area contributed by atoms with Gasteiger partial charge >= 0.3 is 0 Å². The average molecular weight is 297 g/mol. The Morgan fingerprint density at radius 1 is 1.35 bits per heavy atom. The van der Waals surface area contributed by atoms with Crippen LogP contribution < -0.4 is 4.90 Å². The van der Waals surface area contributed by atoms with Gasteiger partial charge in [-0.3, -0.25) is 0 Å². The molecule has 94 valence electrons. The van der Waals surface area contributed by atoms with Crippen LogP contribution in [0.15, 0.2) is 0 Å². The van der Waals surface area contributed by atoms with Crippen molar-refractivity contribution >= 4 is 38.9 Å². The summed E-state index contributed by atoms with van der Waals surface area (Å²) < 4.78 is 22.9. The van der Waals surface area contributed by atoms with Crippen molar-refractivity contribution in [2.75, 3.05) is 23.0 Å². The minimum absolute atomic E-state index is 0.00923. The van der Waals surface area contributed by atoms with E-state index in [-0.39, 0.29) is 28.0 Å². The monoisotopic (exact) mass is 296 g/mol. The van der Waals surface area contributed by atoms with Gasteiger partial charge in [-0.2, -0.15) is 4.98 Å². The Morgan fingerprint density at radius 3 is 2.71 bits per heavy atom. The van der Waals surface area contributed by atoms with Gasteiger partial charge in [-0.15, -0.1) is 10.2 Å². The number of hydrogen-bond acceptors (Lipinski definition) is 6. The van der Waals surface area contributed by atoms with Crippen molar-refractivity contribution in [2.45, 2.75) is 13.0 Å². The van der Waals surface area contributed by atoms with E-state index in [1.54, 1.807) is 11.8 Å². The number of rotatable bonds is 1. The Labute approximate surface area is 109 Å². The van der Waals surface area contributed by atoms with Crippen LogP contribution in [0.1, 0.15) is 6.92 Å². The molecule has 1 unspecified atom stereocenters. The van der Waals surface area contributed by atoms with Crippen molar-refractivity contribution in [3.05, 3.63) is 10.4 Å². The lowest BCUT2D eigenvalue weighted by atomic mass is 10.3. The van der Waals surface area contributed by atoms with Gasteiger partial charge in [0.2, 0.25) is 5.28 Å². The van der Waals surface area contributed by atoms with E-state index in [9.17, 15) is 8.42 Å². The maximum atomic E-state index is 11.5. The maximum absolute atomic E-state index is 11.5. The summed E-state index contributed by atoms with van der Waals surface area (Å²) in [5, 5.41) is 7.29. The lowest BCUT2D eigenvalue weighted by Gasteiger charge is -2.34. The average Bonchev–Trinajstić information content (AvgIpc) is 2.21. The summed E-state index contributed by atoms with van der Waals surface area (Å²) in [6.45, 7) is 2.13. The highest BCUT2D eigenvalue weighted by Gasteiger charge is 2.30. The van der Waals surface area contributed by atoms with Crippen LogP contribution in [0.2, 0.25) is 10.4 Å². The molecule has 1 saturated heterocycles. The molecule has 6 nitrogen and oxygen atoms in total. The predicted molar refractivity (Wildman–Crippen MR) is 65.3 cm³/mol. The number of hydrogen-bond donors (Lipinski definition) is 0. The summed E-state index contributed by atoms with van der Waals surface area (Å²) in [6.07, 6.45) is 0. The number of aromatic nitrogens is 3. The molecule has 0 aliphatic carbocycles. The van der Waals surface area contributed by atoms with Crippen LogP contribution in [0.25, 0.3) is 0 Å². The van der Waals surface area contributed by atoms with Crippen LogP contribution in [-0.2, 0) is 9.84 Å². The Bertz CT molecular complexity index is 536. The van der Waals surface area contributed by atoms with Gasteiger partial charge in [0.15, 0.2) is 20.8 Å². The van der Waals surface area contributed by atoms with Gasteiger partial charge in [0.25, 0.3) is 0 Å². The number of halogens is 2. The first-order valence-electron chi connectivity index (χ1n) is 4.92. The van der Waals surface area contributed by atoms with Crippen molar-refractivity contribution in [3.8, 4) is 0 Å². The van der Waals surface area contributed by atoms with Crippen LogP contribution in [0.4, 0.5) is 5.82 Å². The van der Waals surface area contributed by atoms with Crippen molar-refractivity contribution in [1.82, 2.24) is 15.2 Å². The first-order chi connectivity index (χ1) is 7.89. The molecule has 1 aliphatic heterocycles. The third-order valence-electron chi connectivity index (χ3n) is 2.55. The highest BCUT2D eigenvalue weighted by molar-refractivity contribution is 7.91. The summed E-state index contributed by atoms with van der Waals surface area (Å²) in [7, 11) is -2.98. The highest BCUT2D eigenvalue weighted by Crippen LogP contribution is 2.25. The number of sulfone groups is 1. The smallest absolute Gasteiger partial charge is 0.245 e. The molecule has 0 bridgehead atoms. The standard InChI is InChI=1S/C8H10Cl2N4O2S/c1-5-4-17(15,16)3-2-14(5)7-6(9)12-13-8(10)11-7/h5H,2-4H2,1H3. The summed E-state index contributed by atoms with van der Waals surface area (Å²) in [5.41, 5.74) is 0. The summed E-state index contributed by atoms with van der Waals surface area (Å²) >= 11 is 11.5. The summed E-state index contributed by atoms with van der Waals surface area (Å²) in [5.74, 6) is 0.536. The lowest BCUT2D eigenvalue weighted by Crippen LogP contribution is -2.47. The SMILES string of the molecule is CC1CS(=O)(=O)CCN1c1nc(Cl)nnc1Cl. The molecule has 0 spiro atoms. The van der Waals surface area contributed by atoms with E-state index in [1.165, 1.54) is 0 Å². The van der Waals surface area contributed by atoms with Crippen LogP contribution in [0.3, 0.4) is 0 Å². The summed E-state index contributed by atoms with van der Waals surface area (Å²) in [4.78, 5) is 5.77. The van der Waals surface area contributed by atoms with E-state index in [4.69, 9.17) is 23.2 Å². The third-order valence-corrected chi connectivity index (χ3v) is 4.75. The van der Waals surface area contributed by atoms with Gasteiger partial charge in [0.05, 0.1) is 11.5 Å². The van der Waals surface area contributed by atoms with E-state index in [0.717, 1.165) is 0 Å². The molecule has 0 radical (unpaired) electrons. The van der Waals surface area contributed by atoms with Crippen LogP contribution in [-0.4, -0.2) is 47.7 Å². The Kier molecular flexibility index (Phi) is 3.42. The second kappa shape index (κ2) is 4.55. The molecular weight excluding hydrogens is 287 g/mol. The molecule has 1 atom stereocenters. The maximum Gasteiger partial charge on any atom is 0.245 e. The van der Waals surface area contributed by atoms with Gasteiger partial charge in [-0.1, -0.05) is 11.6 Å². The Morgan fingerprint density at radius 2 is 2.06 bits per heavy atom. The van der Waals surface area contributed by atoms with Crippen LogP contribution in [0.5, 0.6) is 0 Å². The van der Waals surface area contributed by atoms with Crippen molar-refractivity contribution < 1.29 is 8.42 Å². The molecular formula is C8H10Cl2N4O2S. The molecule has 1 aromatic heterocycles. The summed E-state index contributed by atoms with van der Waals surface area (Å²) in [6, 6.07) is -0.209. The minimum atomic E-state index is -2.98. The topological polar surface area (TPSA) is 76.1 Å². The molecule has 0 N–H and O–H groups in total. The molecule has 17 heavy (non-hydrogen) atoms. The van der Waals surface area contributed by atoms with Gasteiger partial charge < -0.3 is 4.90 Å². The lowest BCUT2D eigenvalue weighted by molar-refractivity contribution is 0.566. The Balaban J connectivity index is 2.32. The molecule has 9 heteroatoms. The predicted octanol–water partition coefficient (Wildman–Crippen LogP) is 0.802. The molecule has 1 aromatic rings. The van der Waals surface area contributed by atoms with Crippen LogP contribution >= 0.6 is 23.2 Å². The number of anilines is 1. The van der Waals surface area contributed by atoms with E-state index in [2.05, 4.69) is 15.2 Å². The first kappa shape index (κ1) is 12.8.